The monoisotopic (exact) mass is 345 g/mol. The van der Waals surface area contributed by atoms with Crippen LogP contribution in [0.2, 0.25) is 0 Å². The van der Waals surface area contributed by atoms with Gasteiger partial charge >= 0.3 is 0 Å². The lowest BCUT2D eigenvalue weighted by atomic mass is 10.0. The van der Waals surface area contributed by atoms with Crippen molar-refractivity contribution in [3.05, 3.63) is 35.4 Å². The predicted octanol–water partition coefficient (Wildman–Crippen LogP) is 2.44. The number of rotatable bonds is 6. The first kappa shape index (κ1) is 19.4. The SMILES string of the molecule is CCN(CC)C(=O)CN1CCN(C(=O)c2ccc(C(C)C)cc2)CC1. The summed E-state index contributed by atoms with van der Waals surface area (Å²) in [6, 6.07) is 7.93. The quantitative estimate of drug-likeness (QED) is 0.795. The summed E-state index contributed by atoms with van der Waals surface area (Å²) < 4.78 is 0. The molecule has 5 heteroatoms. The van der Waals surface area contributed by atoms with E-state index >= 15 is 0 Å². The second-order valence-electron chi connectivity index (χ2n) is 6.91. The minimum absolute atomic E-state index is 0.0880. The van der Waals surface area contributed by atoms with Gasteiger partial charge in [-0.3, -0.25) is 14.5 Å². The third-order valence-corrected chi connectivity index (χ3v) is 4.96. The molecule has 0 aromatic heterocycles. The molecule has 1 aromatic rings. The third-order valence-electron chi connectivity index (χ3n) is 4.96. The summed E-state index contributed by atoms with van der Waals surface area (Å²) in [5.74, 6) is 0.732. The molecule has 2 amide bonds. The predicted molar refractivity (Wildman–Crippen MR) is 101 cm³/mol. The smallest absolute Gasteiger partial charge is 0.253 e. The Kier molecular flexibility index (Phi) is 7.00. The summed E-state index contributed by atoms with van der Waals surface area (Å²) >= 11 is 0. The Morgan fingerprint density at radius 2 is 1.56 bits per heavy atom. The average Bonchev–Trinajstić information content (AvgIpc) is 2.63. The first-order chi connectivity index (χ1) is 12.0. The van der Waals surface area contributed by atoms with Crippen molar-refractivity contribution in [3.8, 4) is 0 Å². The van der Waals surface area contributed by atoms with Crippen LogP contribution in [0.1, 0.15) is 49.5 Å². The fourth-order valence-corrected chi connectivity index (χ4v) is 3.17. The van der Waals surface area contributed by atoms with E-state index in [1.54, 1.807) is 0 Å². The number of likely N-dealkylation sites (N-methyl/N-ethyl adjacent to an activating group) is 1. The van der Waals surface area contributed by atoms with E-state index in [9.17, 15) is 9.59 Å². The average molecular weight is 345 g/mol. The lowest BCUT2D eigenvalue weighted by Gasteiger charge is -2.35. The molecule has 0 bridgehead atoms. The second kappa shape index (κ2) is 8.99. The summed E-state index contributed by atoms with van der Waals surface area (Å²) in [5.41, 5.74) is 1.99. The van der Waals surface area contributed by atoms with Gasteiger partial charge < -0.3 is 9.80 Å². The van der Waals surface area contributed by atoms with Crippen LogP contribution in [0, 0.1) is 0 Å². The van der Waals surface area contributed by atoms with Gasteiger partial charge in [0.1, 0.15) is 0 Å². The fourth-order valence-electron chi connectivity index (χ4n) is 3.17. The van der Waals surface area contributed by atoms with Gasteiger partial charge in [-0.1, -0.05) is 26.0 Å². The van der Waals surface area contributed by atoms with E-state index in [1.807, 2.05) is 47.9 Å². The van der Waals surface area contributed by atoms with Gasteiger partial charge in [0.15, 0.2) is 0 Å². The molecule has 0 spiro atoms. The number of hydrogen-bond donors (Lipinski definition) is 0. The van der Waals surface area contributed by atoms with Crippen molar-refractivity contribution in [3.63, 3.8) is 0 Å². The normalized spacial score (nSPS) is 15.5. The van der Waals surface area contributed by atoms with Crippen LogP contribution < -0.4 is 0 Å². The highest BCUT2D eigenvalue weighted by Crippen LogP contribution is 2.16. The van der Waals surface area contributed by atoms with Gasteiger partial charge in [0.2, 0.25) is 5.91 Å². The topological polar surface area (TPSA) is 43.9 Å². The van der Waals surface area contributed by atoms with Crippen molar-refractivity contribution in [1.82, 2.24) is 14.7 Å². The number of hydrogen-bond acceptors (Lipinski definition) is 3. The molecular formula is C20H31N3O2. The lowest BCUT2D eigenvalue weighted by molar-refractivity contribution is -0.132. The summed E-state index contributed by atoms with van der Waals surface area (Å²) in [6.45, 7) is 13.1. The highest BCUT2D eigenvalue weighted by Gasteiger charge is 2.24. The number of amides is 2. The molecule has 1 saturated heterocycles. The largest absolute Gasteiger partial charge is 0.342 e. The Morgan fingerprint density at radius 3 is 2.04 bits per heavy atom. The molecule has 0 aliphatic carbocycles. The van der Waals surface area contributed by atoms with E-state index in [0.717, 1.165) is 31.7 Å². The van der Waals surface area contributed by atoms with Crippen LogP contribution in [0.3, 0.4) is 0 Å². The number of carbonyl (C=O) groups is 2. The Balaban J connectivity index is 1.87. The van der Waals surface area contributed by atoms with E-state index in [-0.39, 0.29) is 11.8 Å². The summed E-state index contributed by atoms with van der Waals surface area (Å²) in [7, 11) is 0. The third kappa shape index (κ3) is 5.05. The van der Waals surface area contributed by atoms with Gasteiger partial charge in [0.05, 0.1) is 6.54 Å². The lowest BCUT2D eigenvalue weighted by Crippen LogP contribution is -2.51. The van der Waals surface area contributed by atoms with E-state index < -0.39 is 0 Å². The minimum atomic E-state index is 0.0880. The summed E-state index contributed by atoms with van der Waals surface area (Å²) in [6.07, 6.45) is 0. The van der Waals surface area contributed by atoms with Gasteiger partial charge in [-0.25, -0.2) is 0 Å². The highest BCUT2D eigenvalue weighted by molar-refractivity contribution is 5.94. The molecule has 2 rings (SSSR count). The molecule has 1 aliphatic rings. The van der Waals surface area contributed by atoms with Gasteiger partial charge in [-0.2, -0.15) is 0 Å². The van der Waals surface area contributed by atoms with E-state index in [1.165, 1.54) is 5.56 Å². The van der Waals surface area contributed by atoms with Crippen molar-refractivity contribution >= 4 is 11.8 Å². The van der Waals surface area contributed by atoms with Crippen LogP contribution in [0.5, 0.6) is 0 Å². The van der Waals surface area contributed by atoms with Crippen molar-refractivity contribution < 1.29 is 9.59 Å². The van der Waals surface area contributed by atoms with Gasteiger partial charge in [-0.05, 0) is 37.5 Å². The molecule has 0 atom stereocenters. The van der Waals surface area contributed by atoms with Crippen LogP contribution in [0.4, 0.5) is 0 Å². The first-order valence-electron chi connectivity index (χ1n) is 9.35. The van der Waals surface area contributed by atoms with Crippen molar-refractivity contribution in [2.45, 2.75) is 33.6 Å². The Hall–Kier alpha value is -1.88. The number of carbonyl (C=O) groups excluding carboxylic acids is 2. The van der Waals surface area contributed by atoms with Gasteiger partial charge in [0.25, 0.3) is 5.91 Å². The van der Waals surface area contributed by atoms with Crippen molar-refractivity contribution in [1.29, 1.82) is 0 Å². The summed E-state index contributed by atoms with van der Waals surface area (Å²) in [5, 5.41) is 0. The Bertz CT molecular complexity index is 571. The molecule has 0 unspecified atom stereocenters. The maximum Gasteiger partial charge on any atom is 0.253 e. The maximum atomic E-state index is 12.6. The minimum Gasteiger partial charge on any atom is -0.342 e. The number of benzene rings is 1. The zero-order chi connectivity index (χ0) is 18.4. The van der Waals surface area contributed by atoms with Crippen LogP contribution in [0.25, 0.3) is 0 Å². The number of piperazine rings is 1. The summed E-state index contributed by atoms with van der Waals surface area (Å²) in [4.78, 5) is 30.7. The molecule has 1 aliphatic heterocycles. The van der Waals surface area contributed by atoms with E-state index in [0.29, 0.717) is 25.6 Å². The number of nitrogens with zero attached hydrogens (tertiary/aromatic N) is 3. The molecule has 1 heterocycles. The zero-order valence-corrected chi connectivity index (χ0v) is 16.0. The van der Waals surface area contributed by atoms with E-state index in [4.69, 9.17) is 0 Å². The Morgan fingerprint density at radius 1 is 1.00 bits per heavy atom. The zero-order valence-electron chi connectivity index (χ0n) is 16.0. The fraction of sp³-hybridized carbons (Fsp3) is 0.600. The van der Waals surface area contributed by atoms with Crippen LogP contribution in [0.15, 0.2) is 24.3 Å². The molecule has 138 valence electrons. The molecule has 25 heavy (non-hydrogen) atoms. The highest BCUT2D eigenvalue weighted by atomic mass is 16.2. The molecule has 1 fully saturated rings. The van der Waals surface area contributed by atoms with Crippen LogP contribution in [-0.4, -0.2) is 72.3 Å². The van der Waals surface area contributed by atoms with Crippen molar-refractivity contribution in [2.24, 2.45) is 0 Å². The molecule has 0 N–H and O–H groups in total. The standard InChI is InChI=1S/C20H31N3O2/c1-5-22(6-2)19(24)15-21-11-13-23(14-12-21)20(25)18-9-7-17(8-10-18)16(3)4/h7-10,16H,5-6,11-15H2,1-4H3. The van der Waals surface area contributed by atoms with Gasteiger partial charge in [-0.15, -0.1) is 0 Å². The van der Waals surface area contributed by atoms with Gasteiger partial charge in [0, 0.05) is 44.8 Å². The van der Waals surface area contributed by atoms with E-state index in [2.05, 4.69) is 18.7 Å². The van der Waals surface area contributed by atoms with Crippen molar-refractivity contribution in [2.75, 3.05) is 45.8 Å². The first-order valence-corrected chi connectivity index (χ1v) is 9.35. The maximum absolute atomic E-state index is 12.6. The Labute approximate surface area is 151 Å². The van der Waals surface area contributed by atoms with Crippen LogP contribution >= 0.6 is 0 Å². The van der Waals surface area contributed by atoms with Crippen LogP contribution in [-0.2, 0) is 4.79 Å². The molecule has 1 aromatic carbocycles. The molecule has 0 radical (unpaired) electrons. The second-order valence-corrected chi connectivity index (χ2v) is 6.91. The molecule has 5 nitrogen and oxygen atoms in total. The molecule has 0 saturated carbocycles. The molecular weight excluding hydrogens is 314 g/mol.